The quantitative estimate of drug-likeness (QED) is 0.861. The van der Waals surface area contributed by atoms with Crippen LogP contribution in [-0.4, -0.2) is 21.0 Å². The highest BCUT2D eigenvalue weighted by Crippen LogP contribution is 2.38. The summed E-state index contributed by atoms with van der Waals surface area (Å²) in [5.74, 6) is 0.890. The first kappa shape index (κ1) is 11.8. The Hall–Kier alpha value is -1.32. The molecule has 1 aromatic heterocycles. The van der Waals surface area contributed by atoms with E-state index in [-0.39, 0.29) is 5.69 Å². The number of nitrogens with one attached hydrogen (secondary N) is 1. The fourth-order valence-corrected chi connectivity index (χ4v) is 3.47. The average Bonchev–Trinajstić information content (AvgIpc) is 3.10. The van der Waals surface area contributed by atoms with Crippen LogP contribution in [0.3, 0.4) is 0 Å². The van der Waals surface area contributed by atoms with Crippen molar-refractivity contribution in [3.05, 3.63) is 17.2 Å². The number of carboxylic acid groups (broad SMARTS) is 1. The molecule has 0 bridgehead atoms. The number of hydrogen-bond donors (Lipinski definition) is 2. The molecule has 18 heavy (non-hydrogen) atoms. The van der Waals surface area contributed by atoms with Crippen LogP contribution in [0.5, 0.6) is 0 Å². The number of rotatable bonds is 3. The van der Waals surface area contributed by atoms with Crippen molar-refractivity contribution in [2.24, 2.45) is 0 Å². The molecule has 2 fully saturated rings. The Morgan fingerprint density at radius 1 is 1.06 bits per heavy atom. The molecule has 0 radical (unpaired) electrons. The molecule has 2 aliphatic carbocycles. The third kappa shape index (κ3) is 2.04. The monoisotopic (exact) mass is 248 g/mol. The SMILES string of the molecule is O=C(O)c1nc(C2CCCC2)[nH]c1C1CCCC1. The third-order valence-corrected chi connectivity index (χ3v) is 4.46. The fourth-order valence-electron chi connectivity index (χ4n) is 3.47. The maximum absolute atomic E-state index is 11.3. The molecule has 4 nitrogen and oxygen atoms in total. The van der Waals surface area contributed by atoms with Crippen molar-refractivity contribution >= 4 is 5.97 Å². The highest BCUT2D eigenvalue weighted by Gasteiger charge is 2.29. The topological polar surface area (TPSA) is 66.0 Å². The highest BCUT2D eigenvalue weighted by molar-refractivity contribution is 5.87. The second kappa shape index (κ2) is 4.75. The van der Waals surface area contributed by atoms with Gasteiger partial charge in [0.2, 0.25) is 0 Å². The van der Waals surface area contributed by atoms with Crippen LogP contribution in [0.2, 0.25) is 0 Å². The van der Waals surface area contributed by atoms with Gasteiger partial charge in [-0.25, -0.2) is 9.78 Å². The van der Waals surface area contributed by atoms with E-state index in [0.717, 1.165) is 37.2 Å². The van der Waals surface area contributed by atoms with E-state index in [1.165, 1.54) is 25.7 Å². The van der Waals surface area contributed by atoms with E-state index < -0.39 is 5.97 Å². The molecule has 1 heterocycles. The van der Waals surface area contributed by atoms with Crippen molar-refractivity contribution in [1.82, 2.24) is 9.97 Å². The number of nitrogens with zero attached hydrogens (tertiary/aromatic N) is 1. The molecule has 3 rings (SSSR count). The second-order valence-corrected chi connectivity index (χ2v) is 5.65. The lowest BCUT2D eigenvalue weighted by molar-refractivity contribution is 0.0689. The van der Waals surface area contributed by atoms with Crippen LogP contribution in [0.1, 0.15) is 85.2 Å². The van der Waals surface area contributed by atoms with Crippen LogP contribution in [0.15, 0.2) is 0 Å². The van der Waals surface area contributed by atoms with Crippen molar-refractivity contribution < 1.29 is 9.90 Å². The lowest BCUT2D eigenvalue weighted by Gasteiger charge is -2.07. The Morgan fingerprint density at radius 2 is 1.61 bits per heavy atom. The van der Waals surface area contributed by atoms with Gasteiger partial charge in [-0.3, -0.25) is 0 Å². The lowest BCUT2D eigenvalue weighted by atomic mass is 10.0. The minimum atomic E-state index is -0.877. The summed E-state index contributed by atoms with van der Waals surface area (Å²) in [7, 11) is 0. The van der Waals surface area contributed by atoms with Gasteiger partial charge < -0.3 is 10.1 Å². The summed E-state index contributed by atoms with van der Waals surface area (Å²) in [6.45, 7) is 0. The summed E-state index contributed by atoms with van der Waals surface area (Å²) >= 11 is 0. The van der Waals surface area contributed by atoms with E-state index in [1.807, 2.05) is 0 Å². The first-order chi connectivity index (χ1) is 8.75. The van der Waals surface area contributed by atoms with E-state index in [0.29, 0.717) is 11.8 Å². The van der Waals surface area contributed by atoms with Gasteiger partial charge in [0.15, 0.2) is 5.69 Å². The number of H-pyrrole nitrogens is 1. The minimum absolute atomic E-state index is 0.281. The Kier molecular flexibility index (Phi) is 3.10. The van der Waals surface area contributed by atoms with Crippen LogP contribution in [0.4, 0.5) is 0 Å². The van der Waals surface area contributed by atoms with Gasteiger partial charge in [0, 0.05) is 11.8 Å². The van der Waals surface area contributed by atoms with Crippen molar-refractivity contribution in [3.63, 3.8) is 0 Å². The molecular formula is C14H20N2O2. The van der Waals surface area contributed by atoms with E-state index in [9.17, 15) is 9.90 Å². The van der Waals surface area contributed by atoms with Crippen LogP contribution >= 0.6 is 0 Å². The van der Waals surface area contributed by atoms with E-state index >= 15 is 0 Å². The van der Waals surface area contributed by atoms with Crippen LogP contribution in [-0.2, 0) is 0 Å². The molecule has 0 spiro atoms. The summed E-state index contributed by atoms with van der Waals surface area (Å²) in [4.78, 5) is 19.1. The zero-order valence-corrected chi connectivity index (χ0v) is 10.6. The van der Waals surface area contributed by atoms with Crippen molar-refractivity contribution in [1.29, 1.82) is 0 Å². The molecule has 0 aliphatic heterocycles. The van der Waals surface area contributed by atoms with Gasteiger partial charge in [-0.2, -0.15) is 0 Å². The van der Waals surface area contributed by atoms with Gasteiger partial charge in [0.05, 0.1) is 5.69 Å². The third-order valence-electron chi connectivity index (χ3n) is 4.46. The summed E-state index contributed by atoms with van der Waals surface area (Å²) in [5, 5.41) is 9.30. The van der Waals surface area contributed by atoms with Gasteiger partial charge in [-0.1, -0.05) is 25.7 Å². The van der Waals surface area contributed by atoms with Gasteiger partial charge in [-0.15, -0.1) is 0 Å². The summed E-state index contributed by atoms with van der Waals surface area (Å²) < 4.78 is 0. The van der Waals surface area contributed by atoms with E-state index in [4.69, 9.17) is 0 Å². The number of aromatic carboxylic acids is 1. The molecule has 0 aromatic carbocycles. The van der Waals surface area contributed by atoms with Gasteiger partial charge in [-0.05, 0) is 25.7 Å². The largest absolute Gasteiger partial charge is 0.476 e. The molecule has 0 saturated heterocycles. The average molecular weight is 248 g/mol. The zero-order valence-electron chi connectivity index (χ0n) is 10.6. The predicted molar refractivity (Wildman–Crippen MR) is 68.0 cm³/mol. The van der Waals surface area contributed by atoms with Crippen LogP contribution in [0, 0.1) is 0 Å². The van der Waals surface area contributed by atoms with Gasteiger partial charge in [0.1, 0.15) is 5.82 Å². The summed E-state index contributed by atoms with van der Waals surface area (Å²) in [6.07, 6.45) is 9.41. The van der Waals surface area contributed by atoms with Crippen LogP contribution < -0.4 is 0 Å². The normalized spacial score (nSPS) is 21.8. The number of carbonyl (C=O) groups is 1. The minimum Gasteiger partial charge on any atom is -0.476 e. The van der Waals surface area contributed by atoms with Crippen molar-refractivity contribution in [3.8, 4) is 0 Å². The molecule has 2 aliphatic rings. The zero-order chi connectivity index (χ0) is 12.5. The molecule has 0 atom stereocenters. The Bertz CT molecular complexity index is 441. The fraction of sp³-hybridized carbons (Fsp3) is 0.714. The van der Waals surface area contributed by atoms with Gasteiger partial charge >= 0.3 is 5.97 Å². The standard InChI is InChI=1S/C14H20N2O2/c17-14(18)12-11(9-5-1-2-6-9)15-13(16-12)10-7-3-4-8-10/h9-10H,1-8H2,(H,15,16)(H,17,18). The number of carboxylic acids is 1. The first-order valence-electron chi connectivity index (χ1n) is 7.09. The summed E-state index contributed by atoms with van der Waals surface area (Å²) in [5.41, 5.74) is 1.17. The second-order valence-electron chi connectivity index (χ2n) is 5.65. The first-order valence-corrected chi connectivity index (χ1v) is 7.09. The Balaban J connectivity index is 1.92. The molecule has 2 saturated carbocycles. The number of aromatic amines is 1. The Labute approximate surface area is 107 Å². The smallest absolute Gasteiger partial charge is 0.356 e. The molecule has 1 aromatic rings. The predicted octanol–water partition coefficient (Wildman–Crippen LogP) is 3.42. The number of hydrogen-bond acceptors (Lipinski definition) is 2. The van der Waals surface area contributed by atoms with Crippen molar-refractivity contribution in [2.45, 2.75) is 63.2 Å². The van der Waals surface area contributed by atoms with E-state index in [1.54, 1.807) is 0 Å². The summed E-state index contributed by atoms with van der Waals surface area (Å²) in [6, 6.07) is 0. The van der Waals surface area contributed by atoms with Crippen molar-refractivity contribution in [2.75, 3.05) is 0 Å². The molecule has 98 valence electrons. The molecule has 2 N–H and O–H groups in total. The Morgan fingerprint density at radius 3 is 2.17 bits per heavy atom. The maximum atomic E-state index is 11.3. The number of aromatic nitrogens is 2. The molecule has 0 unspecified atom stereocenters. The highest BCUT2D eigenvalue weighted by atomic mass is 16.4. The van der Waals surface area contributed by atoms with Gasteiger partial charge in [0.25, 0.3) is 0 Å². The van der Waals surface area contributed by atoms with Crippen LogP contribution in [0.25, 0.3) is 0 Å². The number of imidazole rings is 1. The molecular weight excluding hydrogens is 228 g/mol. The molecule has 0 amide bonds. The maximum Gasteiger partial charge on any atom is 0.356 e. The lowest BCUT2D eigenvalue weighted by Crippen LogP contribution is -2.04. The van der Waals surface area contributed by atoms with E-state index in [2.05, 4.69) is 9.97 Å². The molecule has 4 heteroatoms.